The fourth-order valence-corrected chi connectivity index (χ4v) is 6.74. The van der Waals surface area contributed by atoms with Crippen LogP contribution in [0.2, 0.25) is 0 Å². The maximum Gasteiger partial charge on any atom is 0.316 e. The van der Waals surface area contributed by atoms with E-state index in [9.17, 15) is 29.1 Å². The summed E-state index contributed by atoms with van der Waals surface area (Å²) in [6.45, 7) is 17.1. The number of hydrogen-bond donors (Lipinski definition) is 1. The lowest BCUT2D eigenvalue weighted by Gasteiger charge is -2.47. The van der Waals surface area contributed by atoms with Gasteiger partial charge < -0.3 is 38.4 Å². The largest absolute Gasteiger partial charge is 0.461 e. The summed E-state index contributed by atoms with van der Waals surface area (Å²) in [4.78, 5) is 67.8. The van der Waals surface area contributed by atoms with Gasteiger partial charge in [0.15, 0.2) is 24.0 Å². The van der Waals surface area contributed by atoms with Gasteiger partial charge in [0.25, 0.3) is 0 Å². The molecule has 1 N–H and O–H groups in total. The molecule has 13 heteroatoms. The van der Waals surface area contributed by atoms with Crippen LogP contribution < -0.4 is 0 Å². The highest BCUT2D eigenvalue weighted by Gasteiger charge is 2.51. The number of nitrogens with zero attached hydrogens (tertiary/aromatic N) is 1. The molecule has 0 bridgehead atoms. The van der Waals surface area contributed by atoms with E-state index in [2.05, 4.69) is 6.58 Å². The van der Waals surface area contributed by atoms with Gasteiger partial charge in [0.05, 0.1) is 30.5 Å². The fourth-order valence-electron chi connectivity index (χ4n) is 6.74. The molecule has 0 amide bonds. The predicted molar refractivity (Wildman–Crippen MR) is 179 cm³/mol. The summed E-state index contributed by atoms with van der Waals surface area (Å²) in [5, 5.41) is 11.5. The molecule has 1 unspecified atom stereocenters. The summed E-state index contributed by atoms with van der Waals surface area (Å²) >= 11 is 0. The standard InChI is InChI=1S/C36H57NO12/c1-13-15-45-36(10)17-20(3)29(40)26(19-44-24(7)38)18-35(9,43)28(14-2)48-33(42)23(6)30(41)22(5)32(36)49-34-31(47-25(8)39)27(37(11)12)16-21(4)46-34/h13,18,20-23,27-28,31-32,34,43H,1,14-17,19H2,2-12H3/b26-18+/t20-,21-,22+,23-,27+,28-,31-,32-,34?,35+,36+/m1/s1. The van der Waals surface area contributed by atoms with E-state index in [0.29, 0.717) is 6.42 Å². The Balaban J connectivity index is 2.82. The molecule has 2 aliphatic rings. The topological polar surface area (TPSA) is 164 Å². The number of hydrogen-bond acceptors (Lipinski definition) is 13. The van der Waals surface area contributed by atoms with Crippen molar-refractivity contribution in [1.82, 2.24) is 4.90 Å². The van der Waals surface area contributed by atoms with Crippen LogP contribution in [0, 0.1) is 17.8 Å². The summed E-state index contributed by atoms with van der Waals surface area (Å²) in [7, 11) is 3.70. The van der Waals surface area contributed by atoms with Crippen molar-refractivity contribution in [2.75, 3.05) is 27.3 Å². The second-order valence-corrected chi connectivity index (χ2v) is 14.0. The Kier molecular flexibility index (Phi) is 15.3. The van der Waals surface area contributed by atoms with Crippen molar-refractivity contribution in [3.05, 3.63) is 24.3 Å². The predicted octanol–water partition coefficient (Wildman–Crippen LogP) is 3.34. The van der Waals surface area contributed by atoms with Crippen molar-refractivity contribution in [3.63, 3.8) is 0 Å². The van der Waals surface area contributed by atoms with E-state index in [1.54, 1.807) is 27.7 Å². The highest BCUT2D eigenvalue weighted by Crippen LogP contribution is 2.38. The highest BCUT2D eigenvalue weighted by atomic mass is 16.7. The zero-order valence-electron chi connectivity index (χ0n) is 31.0. The molecule has 1 fully saturated rings. The lowest BCUT2D eigenvalue weighted by Crippen LogP contribution is -2.60. The van der Waals surface area contributed by atoms with Crippen LogP contribution in [0.25, 0.3) is 0 Å². The molecule has 1 saturated heterocycles. The molecule has 49 heavy (non-hydrogen) atoms. The first-order valence-electron chi connectivity index (χ1n) is 16.9. The molecule has 0 aromatic heterocycles. The van der Waals surface area contributed by atoms with Crippen molar-refractivity contribution in [2.24, 2.45) is 17.8 Å². The molecule has 2 heterocycles. The molecule has 11 atom stereocenters. The number of carbonyl (C=O) groups excluding carboxylic acids is 5. The van der Waals surface area contributed by atoms with Gasteiger partial charge in [-0.15, -0.1) is 6.58 Å². The Bertz CT molecular complexity index is 1240. The van der Waals surface area contributed by atoms with Crippen LogP contribution in [0.5, 0.6) is 0 Å². The van der Waals surface area contributed by atoms with Crippen LogP contribution in [0.15, 0.2) is 24.3 Å². The van der Waals surface area contributed by atoms with Crippen LogP contribution in [0.1, 0.15) is 81.6 Å². The molecule has 2 aliphatic heterocycles. The minimum absolute atomic E-state index is 0.00634. The fraction of sp³-hybridized carbons (Fsp3) is 0.750. The van der Waals surface area contributed by atoms with E-state index in [1.165, 1.54) is 39.8 Å². The average molecular weight is 696 g/mol. The van der Waals surface area contributed by atoms with Crippen molar-refractivity contribution >= 4 is 29.5 Å². The number of ether oxygens (including phenoxy) is 6. The van der Waals surface area contributed by atoms with Gasteiger partial charge >= 0.3 is 17.9 Å². The van der Waals surface area contributed by atoms with Crippen LogP contribution in [0.4, 0.5) is 0 Å². The molecule has 2 rings (SSSR count). The van der Waals surface area contributed by atoms with Crippen LogP contribution >= 0.6 is 0 Å². The number of Topliss-reactive ketones (excluding diaryl/α,β-unsaturated/α-hetero) is 2. The van der Waals surface area contributed by atoms with Crippen molar-refractivity contribution in [3.8, 4) is 0 Å². The first-order chi connectivity index (χ1) is 22.7. The van der Waals surface area contributed by atoms with Crippen LogP contribution in [-0.2, 0) is 52.4 Å². The van der Waals surface area contributed by atoms with E-state index >= 15 is 0 Å². The highest BCUT2D eigenvalue weighted by molar-refractivity contribution is 6.00. The maximum absolute atomic E-state index is 14.2. The first kappa shape index (κ1) is 42.2. The van der Waals surface area contributed by atoms with Gasteiger partial charge in [0, 0.05) is 31.3 Å². The Morgan fingerprint density at radius 1 is 1.10 bits per heavy atom. The zero-order valence-corrected chi connectivity index (χ0v) is 31.0. The number of aliphatic hydroxyl groups is 1. The number of cyclic esters (lactones) is 1. The second-order valence-electron chi connectivity index (χ2n) is 14.0. The summed E-state index contributed by atoms with van der Waals surface area (Å²) in [6, 6.07) is -0.301. The first-order valence-corrected chi connectivity index (χ1v) is 16.9. The van der Waals surface area contributed by atoms with E-state index < -0.39 is 89.6 Å². The number of ketones is 2. The van der Waals surface area contributed by atoms with Gasteiger partial charge in [-0.3, -0.25) is 24.0 Å². The normalized spacial score (nSPS) is 37.8. The molecule has 0 saturated carbocycles. The van der Waals surface area contributed by atoms with Crippen molar-refractivity contribution < 1.29 is 57.5 Å². The number of rotatable bonds is 10. The van der Waals surface area contributed by atoms with E-state index in [0.717, 1.165) is 0 Å². The summed E-state index contributed by atoms with van der Waals surface area (Å²) in [6.07, 6.45) is -1.24. The van der Waals surface area contributed by atoms with Gasteiger partial charge in [-0.05, 0) is 67.1 Å². The molecule has 13 nitrogen and oxygen atoms in total. The molecule has 278 valence electrons. The molecular weight excluding hydrogens is 638 g/mol. The Hall–Kier alpha value is -2.97. The van der Waals surface area contributed by atoms with Gasteiger partial charge in [-0.25, -0.2) is 0 Å². The second kappa shape index (κ2) is 17.8. The molecule has 0 spiro atoms. The number of carbonyl (C=O) groups is 5. The quantitative estimate of drug-likeness (QED) is 0.153. The van der Waals surface area contributed by atoms with E-state index in [-0.39, 0.29) is 37.2 Å². The molecular formula is C36H57NO12. The average Bonchev–Trinajstić information content (AvgIpc) is 3.01. The smallest absolute Gasteiger partial charge is 0.316 e. The molecule has 0 aromatic carbocycles. The summed E-state index contributed by atoms with van der Waals surface area (Å²) < 4.78 is 36.0. The molecule has 0 aromatic rings. The monoisotopic (exact) mass is 695 g/mol. The third-order valence-corrected chi connectivity index (χ3v) is 9.30. The zero-order chi connectivity index (χ0) is 37.4. The Morgan fingerprint density at radius 3 is 2.27 bits per heavy atom. The minimum Gasteiger partial charge on any atom is -0.461 e. The minimum atomic E-state index is -1.86. The number of esters is 3. The third kappa shape index (κ3) is 11.0. The lowest BCUT2D eigenvalue weighted by molar-refractivity contribution is -0.299. The van der Waals surface area contributed by atoms with Crippen molar-refractivity contribution in [2.45, 2.75) is 130 Å². The van der Waals surface area contributed by atoms with Gasteiger partial charge in [-0.1, -0.05) is 26.8 Å². The Labute approximate surface area is 290 Å². The Morgan fingerprint density at radius 2 is 1.73 bits per heavy atom. The molecule has 0 radical (unpaired) electrons. The van der Waals surface area contributed by atoms with Gasteiger partial charge in [-0.2, -0.15) is 0 Å². The van der Waals surface area contributed by atoms with Crippen molar-refractivity contribution in [1.29, 1.82) is 0 Å². The summed E-state index contributed by atoms with van der Waals surface area (Å²) in [5.74, 6) is -6.21. The maximum atomic E-state index is 14.2. The van der Waals surface area contributed by atoms with Gasteiger partial charge in [0.1, 0.15) is 24.2 Å². The lowest BCUT2D eigenvalue weighted by atomic mass is 9.76. The third-order valence-electron chi connectivity index (χ3n) is 9.30. The van der Waals surface area contributed by atoms with E-state index in [4.69, 9.17) is 28.4 Å². The molecule has 0 aliphatic carbocycles. The SMILES string of the molecule is C=CCO[C@@]1(C)C[C@@H](C)C(=O)/C(COC(C)=O)=C/[C@](C)(O)[C@@H](CC)OC(=O)[C@H](C)C(=O)[C@H](C)[C@H]1OC1O[C@H](C)C[C@H](N(C)C)[C@H]1OC(C)=O. The van der Waals surface area contributed by atoms with Gasteiger partial charge in [0.2, 0.25) is 0 Å². The summed E-state index contributed by atoms with van der Waals surface area (Å²) in [5.41, 5.74) is -3.27. The van der Waals surface area contributed by atoms with Crippen LogP contribution in [-0.4, -0.2) is 115 Å². The van der Waals surface area contributed by atoms with Crippen LogP contribution in [0.3, 0.4) is 0 Å². The number of likely N-dealkylation sites (N-methyl/N-ethyl adjacent to an activating group) is 1. The van der Waals surface area contributed by atoms with E-state index in [1.807, 2.05) is 25.9 Å².